The number of carbonyl (C=O) groups excluding carboxylic acids is 1. The van der Waals surface area contributed by atoms with Crippen LogP contribution in [0.5, 0.6) is 5.75 Å². The molecule has 0 saturated heterocycles. The summed E-state index contributed by atoms with van der Waals surface area (Å²) < 4.78 is 36.2. The quantitative estimate of drug-likeness (QED) is 0.755. The van der Waals surface area contributed by atoms with Gasteiger partial charge in [-0.25, -0.2) is 8.78 Å². The highest BCUT2D eigenvalue weighted by Gasteiger charge is 2.12. The van der Waals surface area contributed by atoms with E-state index in [0.29, 0.717) is 11.3 Å². The third-order valence-corrected chi connectivity index (χ3v) is 3.43. The Morgan fingerprint density at radius 3 is 2.23 bits per heavy atom. The van der Waals surface area contributed by atoms with Crippen LogP contribution in [-0.4, -0.2) is 5.91 Å². The summed E-state index contributed by atoms with van der Waals surface area (Å²) in [6.07, 6.45) is 1.03. The molecule has 0 spiro atoms. The van der Waals surface area contributed by atoms with E-state index in [1.807, 2.05) is 0 Å². The molecule has 0 aliphatic carbocycles. The van der Waals surface area contributed by atoms with Gasteiger partial charge in [-0.1, -0.05) is 12.1 Å². The number of halogens is 2. The topological polar surface area (TPSA) is 68.5 Å². The number of hydrogen-bond donors (Lipinski definition) is 1. The minimum absolute atomic E-state index is 0.0478. The van der Waals surface area contributed by atoms with Gasteiger partial charge in [-0.05, 0) is 42.0 Å². The van der Waals surface area contributed by atoms with E-state index in [2.05, 4.69) is 5.32 Å². The van der Waals surface area contributed by atoms with E-state index in [-0.39, 0.29) is 23.9 Å². The zero-order valence-corrected chi connectivity index (χ0v) is 13.4. The molecule has 0 unspecified atom stereocenters. The highest BCUT2D eigenvalue weighted by molar-refractivity contribution is 6.02. The molecule has 7 heteroatoms. The molecular formula is C19H13F2NO4. The van der Waals surface area contributed by atoms with Crippen molar-refractivity contribution in [2.45, 2.75) is 6.61 Å². The first-order valence-corrected chi connectivity index (χ1v) is 7.58. The standard InChI is InChI=1S/C19H13F2NO4/c20-13-3-1-12(2-4-13)10-25-18-11-26-17(9-16(18)23)19(24)22-15-7-5-14(21)6-8-15/h1-9,11H,10H2,(H,22,24). The van der Waals surface area contributed by atoms with Crippen molar-refractivity contribution in [1.29, 1.82) is 0 Å². The predicted octanol–water partition coefficient (Wildman–Crippen LogP) is 3.75. The monoisotopic (exact) mass is 357 g/mol. The largest absolute Gasteiger partial charge is 0.482 e. The lowest BCUT2D eigenvalue weighted by Crippen LogP contribution is -2.15. The van der Waals surface area contributed by atoms with E-state index in [0.717, 1.165) is 12.3 Å². The third-order valence-electron chi connectivity index (χ3n) is 3.43. The number of hydrogen-bond acceptors (Lipinski definition) is 4. The van der Waals surface area contributed by atoms with Crippen LogP contribution in [0, 0.1) is 11.6 Å². The highest BCUT2D eigenvalue weighted by Crippen LogP contribution is 2.13. The molecule has 0 fully saturated rings. The van der Waals surface area contributed by atoms with Gasteiger partial charge in [-0.15, -0.1) is 0 Å². The fraction of sp³-hybridized carbons (Fsp3) is 0.0526. The van der Waals surface area contributed by atoms with Crippen LogP contribution >= 0.6 is 0 Å². The molecule has 0 aliphatic heterocycles. The fourth-order valence-corrected chi connectivity index (χ4v) is 2.09. The summed E-state index contributed by atoms with van der Waals surface area (Å²) in [6, 6.07) is 11.8. The number of carbonyl (C=O) groups is 1. The molecule has 132 valence electrons. The highest BCUT2D eigenvalue weighted by atomic mass is 19.1. The van der Waals surface area contributed by atoms with Crippen molar-refractivity contribution in [3.05, 3.63) is 94.0 Å². The van der Waals surface area contributed by atoms with Crippen LogP contribution in [0.3, 0.4) is 0 Å². The first kappa shape index (κ1) is 17.3. The molecule has 1 amide bonds. The first-order valence-electron chi connectivity index (χ1n) is 7.58. The molecule has 0 saturated carbocycles. The van der Waals surface area contributed by atoms with Gasteiger partial charge in [0, 0.05) is 11.8 Å². The van der Waals surface area contributed by atoms with Crippen LogP contribution < -0.4 is 15.5 Å². The maximum atomic E-state index is 12.9. The Morgan fingerprint density at radius 2 is 1.62 bits per heavy atom. The summed E-state index contributed by atoms with van der Waals surface area (Å²) >= 11 is 0. The maximum Gasteiger partial charge on any atom is 0.291 e. The van der Waals surface area contributed by atoms with E-state index in [1.165, 1.54) is 48.5 Å². The number of ether oxygens (including phenoxy) is 1. The predicted molar refractivity (Wildman–Crippen MR) is 90.1 cm³/mol. The number of amides is 1. The summed E-state index contributed by atoms with van der Waals surface area (Å²) in [5.41, 5.74) is 0.488. The zero-order valence-electron chi connectivity index (χ0n) is 13.4. The Kier molecular flexibility index (Phi) is 5.07. The summed E-state index contributed by atoms with van der Waals surface area (Å²) in [5, 5.41) is 2.48. The molecule has 0 aliphatic rings. The lowest BCUT2D eigenvalue weighted by molar-refractivity contribution is 0.0993. The number of rotatable bonds is 5. The van der Waals surface area contributed by atoms with Gasteiger partial charge >= 0.3 is 0 Å². The van der Waals surface area contributed by atoms with E-state index in [4.69, 9.17) is 9.15 Å². The lowest BCUT2D eigenvalue weighted by Gasteiger charge is -2.07. The van der Waals surface area contributed by atoms with Crippen molar-refractivity contribution in [3.63, 3.8) is 0 Å². The second-order valence-corrected chi connectivity index (χ2v) is 5.35. The molecule has 0 radical (unpaired) electrons. The molecule has 5 nitrogen and oxygen atoms in total. The molecule has 0 bridgehead atoms. The van der Waals surface area contributed by atoms with Crippen molar-refractivity contribution < 1.29 is 22.7 Å². The fourth-order valence-electron chi connectivity index (χ4n) is 2.09. The van der Waals surface area contributed by atoms with Gasteiger partial charge in [0.25, 0.3) is 5.91 Å². The average molecular weight is 357 g/mol. The van der Waals surface area contributed by atoms with Crippen molar-refractivity contribution >= 4 is 11.6 Å². The number of benzene rings is 2. The minimum Gasteiger partial charge on any atom is -0.482 e. The van der Waals surface area contributed by atoms with Gasteiger partial charge in [-0.3, -0.25) is 9.59 Å². The summed E-state index contributed by atoms with van der Waals surface area (Å²) in [5.74, 6) is -1.75. The van der Waals surface area contributed by atoms with Crippen LogP contribution in [0.15, 0.2) is 70.1 Å². The van der Waals surface area contributed by atoms with E-state index in [1.54, 1.807) is 0 Å². The summed E-state index contributed by atoms with van der Waals surface area (Å²) in [7, 11) is 0. The molecule has 3 aromatic rings. The Labute approximate surface area is 146 Å². The van der Waals surface area contributed by atoms with Crippen molar-refractivity contribution in [1.82, 2.24) is 0 Å². The second-order valence-electron chi connectivity index (χ2n) is 5.35. The minimum atomic E-state index is -0.654. The van der Waals surface area contributed by atoms with Gasteiger partial charge in [0.2, 0.25) is 11.2 Å². The lowest BCUT2D eigenvalue weighted by atomic mass is 10.2. The first-order chi connectivity index (χ1) is 12.5. The average Bonchev–Trinajstić information content (AvgIpc) is 2.64. The Morgan fingerprint density at radius 1 is 1.00 bits per heavy atom. The maximum absolute atomic E-state index is 12.9. The smallest absolute Gasteiger partial charge is 0.291 e. The molecule has 1 aromatic heterocycles. The molecule has 26 heavy (non-hydrogen) atoms. The van der Waals surface area contributed by atoms with Crippen LogP contribution in [0.1, 0.15) is 16.1 Å². The van der Waals surface area contributed by atoms with Crippen molar-refractivity contribution in [2.75, 3.05) is 5.32 Å². The van der Waals surface area contributed by atoms with Crippen molar-refractivity contribution in [3.8, 4) is 5.75 Å². The van der Waals surface area contributed by atoms with E-state index in [9.17, 15) is 18.4 Å². The zero-order chi connectivity index (χ0) is 18.5. The Hall–Kier alpha value is -3.48. The number of nitrogens with one attached hydrogen (secondary N) is 1. The molecular weight excluding hydrogens is 344 g/mol. The molecule has 1 N–H and O–H groups in total. The Balaban J connectivity index is 1.66. The summed E-state index contributed by atoms with van der Waals surface area (Å²) in [6.45, 7) is 0.0478. The molecule has 0 atom stereocenters. The normalized spacial score (nSPS) is 10.4. The van der Waals surface area contributed by atoms with Crippen LogP contribution in [0.2, 0.25) is 0 Å². The summed E-state index contributed by atoms with van der Waals surface area (Å²) in [4.78, 5) is 24.1. The van der Waals surface area contributed by atoms with Crippen LogP contribution in [0.25, 0.3) is 0 Å². The van der Waals surface area contributed by atoms with Crippen LogP contribution in [0.4, 0.5) is 14.5 Å². The Bertz CT molecular complexity index is 966. The van der Waals surface area contributed by atoms with Gasteiger partial charge in [0.1, 0.15) is 24.5 Å². The van der Waals surface area contributed by atoms with Crippen molar-refractivity contribution in [2.24, 2.45) is 0 Å². The molecule has 2 aromatic carbocycles. The van der Waals surface area contributed by atoms with Crippen LogP contribution in [-0.2, 0) is 6.61 Å². The van der Waals surface area contributed by atoms with E-state index >= 15 is 0 Å². The van der Waals surface area contributed by atoms with Gasteiger partial charge in [-0.2, -0.15) is 0 Å². The molecule has 1 heterocycles. The van der Waals surface area contributed by atoms with Gasteiger partial charge in [0.15, 0.2) is 5.76 Å². The molecule has 3 rings (SSSR count). The SMILES string of the molecule is O=C(Nc1ccc(F)cc1)c1cc(=O)c(OCc2ccc(F)cc2)co1. The number of anilines is 1. The van der Waals surface area contributed by atoms with E-state index < -0.39 is 17.2 Å². The second kappa shape index (κ2) is 7.60. The van der Waals surface area contributed by atoms with Gasteiger partial charge < -0.3 is 14.5 Å². The third kappa shape index (κ3) is 4.32. The van der Waals surface area contributed by atoms with Gasteiger partial charge in [0.05, 0.1) is 0 Å².